The van der Waals surface area contributed by atoms with E-state index in [0.29, 0.717) is 19.2 Å². The molecule has 0 spiro atoms. The van der Waals surface area contributed by atoms with Crippen molar-refractivity contribution in [2.24, 2.45) is 0 Å². The molecule has 0 saturated carbocycles. The molecule has 0 radical (unpaired) electrons. The average molecular weight is 242 g/mol. The number of nitrogens with zero attached hydrogens (tertiary/aromatic N) is 2. The fourth-order valence-electron chi connectivity index (χ4n) is 2.27. The van der Waals surface area contributed by atoms with Gasteiger partial charge in [-0.25, -0.2) is 0 Å². The first-order valence-corrected chi connectivity index (χ1v) is 6.68. The van der Waals surface area contributed by atoms with Crippen LogP contribution in [0.5, 0.6) is 0 Å². The van der Waals surface area contributed by atoms with Crippen LogP contribution in [0.1, 0.15) is 32.6 Å². The van der Waals surface area contributed by atoms with Crippen molar-refractivity contribution >= 4 is 5.97 Å². The van der Waals surface area contributed by atoms with Crippen LogP contribution in [0.4, 0.5) is 0 Å². The maximum atomic E-state index is 11.6. The third-order valence-corrected chi connectivity index (χ3v) is 3.17. The molecule has 17 heavy (non-hydrogen) atoms. The van der Waals surface area contributed by atoms with Crippen molar-refractivity contribution in [3.05, 3.63) is 0 Å². The van der Waals surface area contributed by atoms with Gasteiger partial charge in [0.05, 0.1) is 13.2 Å². The molecular weight excluding hydrogens is 216 g/mol. The molecule has 100 valence electrons. The smallest absolute Gasteiger partial charge is 0.320 e. The topological polar surface area (TPSA) is 32.8 Å². The van der Waals surface area contributed by atoms with E-state index in [9.17, 15) is 4.79 Å². The van der Waals surface area contributed by atoms with Crippen LogP contribution in [-0.2, 0) is 9.53 Å². The summed E-state index contributed by atoms with van der Waals surface area (Å²) in [5, 5.41) is 0. The van der Waals surface area contributed by atoms with Crippen LogP contribution < -0.4 is 0 Å². The fraction of sp³-hybridized carbons (Fsp3) is 0.923. The van der Waals surface area contributed by atoms with E-state index in [-0.39, 0.29) is 5.97 Å². The number of hydrogen-bond acceptors (Lipinski definition) is 4. The molecule has 1 fully saturated rings. The first-order valence-electron chi connectivity index (χ1n) is 6.68. The van der Waals surface area contributed by atoms with E-state index in [2.05, 4.69) is 30.8 Å². The summed E-state index contributed by atoms with van der Waals surface area (Å²) in [5.74, 6) is -0.0656. The highest BCUT2D eigenvalue weighted by Crippen LogP contribution is 2.17. The van der Waals surface area contributed by atoms with Crippen molar-refractivity contribution in [1.82, 2.24) is 9.80 Å². The Morgan fingerprint density at radius 2 is 2.24 bits per heavy atom. The van der Waals surface area contributed by atoms with E-state index >= 15 is 0 Å². The van der Waals surface area contributed by atoms with Gasteiger partial charge in [0.2, 0.25) is 0 Å². The van der Waals surface area contributed by atoms with Crippen molar-refractivity contribution in [3.63, 3.8) is 0 Å². The lowest BCUT2D eigenvalue weighted by molar-refractivity contribution is -0.145. The maximum Gasteiger partial charge on any atom is 0.320 e. The SMILES string of the molecule is CCCCOC(=O)CN1CCCC1CN(C)C. The van der Waals surface area contributed by atoms with Gasteiger partial charge in [0.15, 0.2) is 0 Å². The lowest BCUT2D eigenvalue weighted by Gasteiger charge is -2.26. The van der Waals surface area contributed by atoms with Gasteiger partial charge in [-0.05, 0) is 39.9 Å². The predicted octanol–water partition coefficient (Wildman–Crippen LogP) is 1.36. The van der Waals surface area contributed by atoms with Gasteiger partial charge in [0.25, 0.3) is 0 Å². The highest BCUT2D eigenvalue weighted by Gasteiger charge is 2.26. The molecule has 1 unspecified atom stereocenters. The summed E-state index contributed by atoms with van der Waals surface area (Å²) in [6.45, 7) is 5.19. The number of rotatable bonds is 7. The second kappa shape index (κ2) is 7.67. The first-order chi connectivity index (χ1) is 8.13. The average Bonchev–Trinajstić information content (AvgIpc) is 2.65. The molecular formula is C13H26N2O2. The molecule has 1 aliphatic heterocycles. The van der Waals surface area contributed by atoms with Crippen molar-refractivity contribution < 1.29 is 9.53 Å². The highest BCUT2D eigenvalue weighted by atomic mass is 16.5. The summed E-state index contributed by atoms with van der Waals surface area (Å²) < 4.78 is 5.20. The number of unbranched alkanes of at least 4 members (excludes halogenated alkanes) is 1. The summed E-state index contributed by atoms with van der Waals surface area (Å²) in [5.41, 5.74) is 0. The minimum atomic E-state index is -0.0656. The van der Waals surface area contributed by atoms with Gasteiger partial charge in [0.1, 0.15) is 0 Å². The van der Waals surface area contributed by atoms with Crippen LogP contribution >= 0.6 is 0 Å². The van der Waals surface area contributed by atoms with Gasteiger partial charge < -0.3 is 9.64 Å². The van der Waals surface area contributed by atoms with Gasteiger partial charge in [-0.15, -0.1) is 0 Å². The minimum Gasteiger partial charge on any atom is -0.465 e. The zero-order chi connectivity index (χ0) is 12.7. The molecule has 1 atom stereocenters. The van der Waals surface area contributed by atoms with Gasteiger partial charge in [-0.1, -0.05) is 13.3 Å². The van der Waals surface area contributed by atoms with Crippen LogP contribution in [0.25, 0.3) is 0 Å². The Morgan fingerprint density at radius 3 is 2.88 bits per heavy atom. The first kappa shape index (κ1) is 14.5. The van der Waals surface area contributed by atoms with Crippen LogP contribution in [0.3, 0.4) is 0 Å². The molecule has 1 aliphatic rings. The van der Waals surface area contributed by atoms with Gasteiger partial charge in [-0.2, -0.15) is 0 Å². The number of carbonyl (C=O) groups excluding carboxylic acids is 1. The molecule has 0 N–H and O–H groups in total. The van der Waals surface area contributed by atoms with E-state index < -0.39 is 0 Å². The van der Waals surface area contributed by atoms with Crippen LogP contribution in [0.2, 0.25) is 0 Å². The monoisotopic (exact) mass is 242 g/mol. The predicted molar refractivity (Wildman–Crippen MR) is 69.0 cm³/mol. The fourth-order valence-corrected chi connectivity index (χ4v) is 2.27. The van der Waals surface area contributed by atoms with Crippen molar-refractivity contribution in [2.45, 2.75) is 38.6 Å². The Labute approximate surface area is 105 Å². The van der Waals surface area contributed by atoms with Crippen molar-refractivity contribution in [2.75, 3.05) is 40.3 Å². The number of carbonyl (C=O) groups is 1. The van der Waals surface area contributed by atoms with E-state index in [1.165, 1.54) is 12.8 Å². The second-order valence-electron chi connectivity index (χ2n) is 5.10. The Balaban J connectivity index is 2.26. The van der Waals surface area contributed by atoms with Crippen LogP contribution in [0.15, 0.2) is 0 Å². The number of ether oxygens (including phenoxy) is 1. The van der Waals surface area contributed by atoms with E-state index in [4.69, 9.17) is 4.74 Å². The van der Waals surface area contributed by atoms with E-state index in [1.54, 1.807) is 0 Å². The number of hydrogen-bond donors (Lipinski definition) is 0. The summed E-state index contributed by atoms with van der Waals surface area (Å²) in [7, 11) is 4.16. The van der Waals surface area contributed by atoms with Gasteiger partial charge >= 0.3 is 5.97 Å². The zero-order valence-electron chi connectivity index (χ0n) is 11.4. The number of likely N-dealkylation sites (tertiary alicyclic amines) is 1. The molecule has 0 aromatic heterocycles. The molecule has 1 heterocycles. The van der Waals surface area contributed by atoms with E-state index in [1.807, 2.05) is 0 Å². The Bertz CT molecular complexity index is 231. The zero-order valence-corrected chi connectivity index (χ0v) is 11.4. The maximum absolute atomic E-state index is 11.6. The normalized spacial score (nSPS) is 21.1. The number of likely N-dealkylation sites (N-methyl/N-ethyl adjacent to an activating group) is 1. The molecule has 1 saturated heterocycles. The lowest BCUT2D eigenvalue weighted by atomic mass is 10.2. The van der Waals surface area contributed by atoms with Gasteiger partial charge in [-0.3, -0.25) is 9.69 Å². The standard InChI is InChI=1S/C13H26N2O2/c1-4-5-9-17-13(16)11-15-8-6-7-12(15)10-14(2)3/h12H,4-11H2,1-3H3. The summed E-state index contributed by atoms with van der Waals surface area (Å²) in [6.07, 6.45) is 4.42. The third-order valence-electron chi connectivity index (χ3n) is 3.17. The molecule has 0 aliphatic carbocycles. The van der Waals surface area contributed by atoms with Crippen LogP contribution in [-0.4, -0.2) is 62.1 Å². The highest BCUT2D eigenvalue weighted by molar-refractivity contribution is 5.71. The molecule has 1 rings (SSSR count). The minimum absolute atomic E-state index is 0.0656. The van der Waals surface area contributed by atoms with Crippen molar-refractivity contribution in [3.8, 4) is 0 Å². The Morgan fingerprint density at radius 1 is 1.47 bits per heavy atom. The Kier molecular flexibility index (Phi) is 6.52. The molecule has 0 bridgehead atoms. The van der Waals surface area contributed by atoms with Gasteiger partial charge in [0, 0.05) is 12.6 Å². The quantitative estimate of drug-likeness (QED) is 0.498. The largest absolute Gasteiger partial charge is 0.465 e. The van der Waals surface area contributed by atoms with E-state index in [0.717, 1.165) is 25.9 Å². The number of esters is 1. The Hall–Kier alpha value is -0.610. The molecule has 0 aromatic rings. The second-order valence-corrected chi connectivity index (χ2v) is 5.10. The third kappa shape index (κ3) is 5.50. The molecule has 0 aromatic carbocycles. The lowest BCUT2D eigenvalue weighted by Crippen LogP contribution is -2.40. The van der Waals surface area contributed by atoms with Crippen molar-refractivity contribution in [1.29, 1.82) is 0 Å². The molecule has 4 heteroatoms. The molecule has 0 amide bonds. The molecule has 4 nitrogen and oxygen atoms in total. The summed E-state index contributed by atoms with van der Waals surface area (Å²) in [4.78, 5) is 16.1. The summed E-state index contributed by atoms with van der Waals surface area (Å²) >= 11 is 0. The summed E-state index contributed by atoms with van der Waals surface area (Å²) in [6, 6.07) is 0.517. The van der Waals surface area contributed by atoms with Crippen LogP contribution in [0, 0.1) is 0 Å².